The van der Waals surface area contributed by atoms with Crippen LogP contribution in [0.1, 0.15) is 14.5 Å². The lowest BCUT2D eigenvalue weighted by Crippen LogP contribution is -1.89. The highest BCUT2D eigenvalue weighted by Crippen LogP contribution is 2.12. The Balaban J connectivity index is 2.02. The van der Waals surface area contributed by atoms with Gasteiger partial charge in [0.1, 0.15) is 0 Å². The van der Waals surface area contributed by atoms with Crippen LogP contribution < -0.4 is 0 Å². The van der Waals surface area contributed by atoms with E-state index in [1.165, 1.54) is 11.3 Å². The van der Waals surface area contributed by atoms with Gasteiger partial charge in [-0.05, 0) is 12.1 Å². The van der Waals surface area contributed by atoms with Crippen LogP contribution in [0.25, 0.3) is 0 Å². The largest absolute Gasteiger partial charge is 0.326 e. The lowest BCUT2D eigenvalue weighted by atomic mass is 10.4. The molecule has 2 aromatic heterocycles. The van der Waals surface area contributed by atoms with Crippen molar-refractivity contribution in [2.75, 3.05) is 0 Å². The van der Waals surface area contributed by atoms with Gasteiger partial charge in [0.05, 0.1) is 22.6 Å². The molecule has 0 aliphatic heterocycles. The van der Waals surface area contributed by atoms with Crippen molar-refractivity contribution in [1.82, 2.24) is 9.55 Å². The van der Waals surface area contributed by atoms with E-state index in [4.69, 9.17) is 0 Å². The summed E-state index contributed by atoms with van der Waals surface area (Å²) < 4.78 is 1.89. The van der Waals surface area contributed by atoms with E-state index in [1.54, 1.807) is 18.6 Å². The van der Waals surface area contributed by atoms with Crippen molar-refractivity contribution in [2.45, 2.75) is 6.54 Å². The molecule has 0 N–H and O–H groups in total. The third-order valence-electron chi connectivity index (χ3n) is 1.78. The molecule has 0 aliphatic rings. The number of aromatic nitrogens is 2. The van der Waals surface area contributed by atoms with Gasteiger partial charge in [-0.15, -0.1) is 11.3 Å². The first kappa shape index (κ1) is 9.69. The Labute approximate surface area is 91.4 Å². The number of hydrogen-bond donors (Lipinski definition) is 0. The second-order valence-electron chi connectivity index (χ2n) is 2.86. The maximum Gasteiger partial charge on any atom is 0.160 e. The van der Waals surface area contributed by atoms with Crippen LogP contribution in [0.4, 0.5) is 0 Å². The third kappa shape index (κ3) is 2.55. The number of carbonyl (C=O) groups excluding carboxylic acids is 1. The molecule has 3 nitrogen and oxygen atoms in total. The van der Waals surface area contributed by atoms with Crippen molar-refractivity contribution in [3.05, 3.63) is 40.6 Å². The van der Waals surface area contributed by atoms with Gasteiger partial charge < -0.3 is 4.57 Å². The van der Waals surface area contributed by atoms with E-state index in [-0.39, 0.29) is 0 Å². The maximum absolute atomic E-state index is 10.4. The Kier molecular flexibility index (Phi) is 2.96. The lowest BCUT2D eigenvalue weighted by molar-refractivity contribution is 0.112. The normalized spacial score (nSPS) is 9.33. The average molecular weight is 216 g/mol. The van der Waals surface area contributed by atoms with Crippen molar-refractivity contribution in [1.29, 1.82) is 0 Å². The summed E-state index contributed by atoms with van der Waals surface area (Å²) in [6, 6.07) is 3.63. The minimum Gasteiger partial charge on any atom is -0.326 e. The fourth-order valence-corrected chi connectivity index (χ4v) is 1.78. The molecule has 0 aliphatic carbocycles. The highest BCUT2D eigenvalue weighted by Gasteiger charge is 1.94. The molecule has 0 atom stereocenters. The first-order valence-corrected chi connectivity index (χ1v) is 5.20. The zero-order valence-corrected chi connectivity index (χ0v) is 8.70. The Morgan fingerprint density at radius 2 is 2.47 bits per heavy atom. The van der Waals surface area contributed by atoms with Gasteiger partial charge >= 0.3 is 0 Å². The van der Waals surface area contributed by atoms with Crippen molar-refractivity contribution < 1.29 is 4.79 Å². The molecule has 2 heterocycles. The van der Waals surface area contributed by atoms with Crippen LogP contribution in [-0.4, -0.2) is 15.8 Å². The van der Waals surface area contributed by atoms with Gasteiger partial charge in [0.2, 0.25) is 0 Å². The molecule has 0 unspecified atom stereocenters. The van der Waals surface area contributed by atoms with E-state index >= 15 is 0 Å². The quantitative estimate of drug-likeness (QED) is 0.567. The summed E-state index contributed by atoms with van der Waals surface area (Å²) in [4.78, 5) is 16.0. The average Bonchev–Trinajstić information content (AvgIpc) is 2.88. The van der Waals surface area contributed by atoms with Gasteiger partial charge in [-0.3, -0.25) is 4.79 Å². The predicted molar refractivity (Wildman–Crippen MR) is 58.8 cm³/mol. The zero-order valence-electron chi connectivity index (χ0n) is 7.88. The van der Waals surface area contributed by atoms with Crippen LogP contribution in [0.2, 0.25) is 0 Å². The monoisotopic (exact) mass is 216 g/mol. The second-order valence-corrected chi connectivity index (χ2v) is 3.97. The van der Waals surface area contributed by atoms with Gasteiger partial charge in [0.25, 0.3) is 0 Å². The van der Waals surface area contributed by atoms with Crippen molar-refractivity contribution in [3.8, 4) is 11.8 Å². The Bertz CT molecular complexity index is 502. The first-order valence-electron chi connectivity index (χ1n) is 4.38. The highest BCUT2D eigenvalue weighted by molar-refractivity contribution is 7.14. The van der Waals surface area contributed by atoms with Crippen LogP contribution in [0.5, 0.6) is 0 Å². The van der Waals surface area contributed by atoms with Gasteiger partial charge in [-0.1, -0.05) is 11.8 Å². The van der Waals surface area contributed by atoms with Crippen LogP contribution in [0.3, 0.4) is 0 Å². The number of imidazole rings is 1. The summed E-state index contributed by atoms with van der Waals surface area (Å²) in [7, 11) is 0. The van der Waals surface area contributed by atoms with E-state index < -0.39 is 0 Å². The summed E-state index contributed by atoms with van der Waals surface area (Å²) in [5.41, 5.74) is 0. The number of nitrogens with zero attached hydrogens (tertiary/aromatic N) is 2. The summed E-state index contributed by atoms with van der Waals surface area (Å²) in [6.45, 7) is 0.619. The van der Waals surface area contributed by atoms with Crippen LogP contribution in [0.15, 0.2) is 30.9 Å². The number of rotatable bonds is 2. The Morgan fingerprint density at radius 1 is 1.53 bits per heavy atom. The number of aldehydes is 1. The molecular weight excluding hydrogens is 208 g/mol. The topological polar surface area (TPSA) is 34.9 Å². The fraction of sp³-hybridized carbons (Fsp3) is 0.0909. The Morgan fingerprint density at radius 3 is 3.13 bits per heavy atom. The maximum atomic E-state index is 10.4. The first-order chi connectivity index (χ1) is 7.38. The number of carbonyl (C=O) groups is 1. The van der Waals surface area contributed by atoms with E-state index in [0.29, 0.717) is 11.4 Å². The molecule has 2 aromatic rings. The van der Waals surface area contributed by atoms with Gasteiger partial charge in [0, 0.05) is 12.4 Å². The van der Waals surface area contributed by atoms with Crippen LogP contribution >= 0.6 is 11.3 Å². The highest BCUT2D eigenvalue weighted by atomic mass is 32.1. The van der Waals surface area contributed by atoms with E-state index in [0.717, 1.165) is 11.2 Å². The van der Waals surface area contributed by atoms with Gasteiger partial charge in [0.15, 0.2) is 6.29 Å². The molecule has 4 heteroatoms. The molecule has 0 saturated heterocycles. The van der Waals surface area contributed by atoms with Gasteiger partial charge in [-0.25, -0.2) is 4.98 Å². The van der Waals surface area contributed by atoms with E-state index in [2.05, 4.69) is 16.8 Å². The zero-order chi connectivity index (χ0) is 10.5. The standard InChI is InChI=1S/C11H8N2OS/c14-8-11-4-3-10(15-11)2-1-6-13-7-5-12-9-13/h3-5,7-9H,6H2. The van der Waals surface area contributed by atoms with Crippen LogP contribution in [0, 0.1) is 11.8 Å². The summed E-state index contributed by atoms with van der Waals surface area (Å²) >= 11 is 1.40. The minimum atomic E-state index is 0.619. The molecule has 2 rings (SSSR count). The van der Waals surface area contributed by atoms with E-state index in [1.807, 2.05) is 16.8 Å². The van der Waals surface area contributed by atoms with Crippen LogP contribution in [-0.2, 0) is 6.54 Å². The molecule has 0 aromatic carbocycles. The Hall–Kier alpha value is -1.86. The molecule has 0 saturated carbocycles. The molecule has 0 bridgehead atoms. The van der Waals surface area contributed by atoms with Crippen molar-refractivity contribution in [2.24, 2.45) is 0 Å². The molecule has 0 fully saturated rings. The molecule has 0 radical (unpaired) electrons. The molecule has 15 heavy (non-hydrogen) atoms. The van der Waals surface area contributed by atoms with Crippen molar-refractivity contribution >= 4 is 17.6 Å². The summed E-state index contributed by atoms with van der Waals surface area (Å²) in [5, 5.41) is 0. The number of hydrogen-bond acceptors (Lipinski definition) is 3. The molecule has 74 valence electrons. The second kappa shape index (κ2) is 4.58. The fourth-order valence-electron chi connectivity index (χ4n) is 1.08. The van der Waals surface area contributed by atoms with Crippen molar-refractivity contribution in [3.63, 3.8) is 0 Å². The van der Waals surface area contributed by atoms with Gasteiger partial charge in [-0.2, -0.15) is 0 Å². The number of thiophene rings is 1. The minimum absolute atomic E-state index is 0.619. The predicted octanol–water partition coefficient (Wildman–Crippen LogP) is 1.81. The lowest BCUT2D eigenvalue weighted by Gasteiger charge is -1.89. The summed E-state index contributed by atoms with van der Waals surface area (Å²) in [6.07, 6.45) is 6.14. The SMILES string of the molecule is O=Cc1ccc(C#CCn2ccnc2)s1. The molecular formula is C11H8N2OS. The molecule has 0 spiro atoms. The molecule has 0 amide bonds. The third-order valence-corrected chi connectivity index (χ3v) is 2.70. The smallest absolute Gasteiger partial charge is 0.160 e. The summed E-state index contributed by atoms with van der Waals surface area (Å²) in [5.74, 6) is 6.01. The van der Waals surface area contributed by atoms with E-state index in [9.17, 15) is 4.79 Å².